The average Bonchev–Trinajstić information content (AvgIpc) is 2.27. The number of nitrogens with one attached hydrogen (secondary N) is 1. The van der Waals surface area contributed by atoms with E-state index in [0.717, 1.165) is 25.9 Å². The lowest BCUT2D eigenvalue weighted by Gasteiger charge is -2.30. The molecule has 1 saturated heterocycles. The van der Waals surface area contributed by atoms with Gasteiger partial charge in [-0.2, -0.15) is 0 Å². The molecule has 1 aliphatic heterocycles. The van der Waals surface area contributed by atoms with Crippen LogP contribution in [0.3, 0.4) is 0 Å². The second kappa shape index (κ2) is 5.69. The number of nitrogens with zero attached hydrogens (tertiary/aromatic N) is 2. The van der Waals surface area contributed by atoms with E-state index < -0.39 is 5.92 Å². The Morgan fingerprint density at radius 3 is 2.94 bits per heavy atom. The lowest BCUT2D eigenvalue weighted by molar-refractivity contribution is -0.123. The molecule has 6 nitrogen and oxygen atoms in total. The fourth-order valence-corrected chi connectivity index (χ4v) is 1.83. The summed E-state index contributed by atoms with van der Waals surface area (Å²) in [6, 6.07) is 0.167. The summed E-state index contributed by atoms with van der Waals surface area (Å²) in [5.41, 5.74) is 5.38. The van der Waals surface area contributed by atoms with Crippen molar-refractivity contribution in [2.75, 3.05) is 20.1 Å². The zero-order valence-electron chi connectivity index (χ0n) is 9.81. The Labute approximate surface area is 95.5 Å². The molecular formula is C10H20N4O2. The monoisotopic (exact) mass is 228 g/mol. The van der Waals surface area contributed by atoms with Gasteiger partial charge in [-0.25, -0.2) is 0 Å². The Hall–Kier alpha value is -1.30. The molecule has 1 aliphatic rings. The lowest BCUT2D eigenvalue weighted by atomic mass is 10.0. The van der Waals surface area contributed by atoms with Crippen LogP contribution >= 0.6 is 0 Å². The predicted octanol–water partition coefficient (Wildman–Crippen LogP) is -0.421. The minimum Gasteiger partial charge on any atom is -0.409 e. The first kappa shape index (κ1) is 12.8. The Morgan fingerprint density at radius 1 is 1.69 bits per heavy atom. The van der Waals surface area contributed by atoms with E-state index in [4.69, 9.17) is 10.9 Å². The summed E-state index contributed by atoms with van der Waals surface area (Å²) in [4.78, 5) is 13.9. The number of likely N-dealkylation sites (N-methyl/N-ethyl adjacent to an activating group) is 1. The van der Waals surface area contributed by atoms with E-state index >= 15 is 0 Å². The van der Waals surface area contributed by atoms with Crippen molar-refractivity contribution < 1.29 is 10.0 Å². The number of amidine groups is 1. The summed E-state index contributed by atoms with van der Waals surface area (Å²) in [7, 11) is 2.03. The fourth-order valence-electron chi connectivity index (χ4n) is 1.83. The summed E-state index contributed by atoms with van der Waals surface area (Å²) >= 11 is 0. The van der Waals surface area contributed by atoms with Gasteiger partial charge < -0.3 is 21.2 Å². The summed E-state index contributed by atoms with van der Waals surface area (Å²) in [5.74, 6) is -0.825. The molecule has 1 amide bonds. The summed E-state index contributed by atoms with van der Waals surface area (Å²) < 4.78 is 0. The third-order valence-electron chi connectivity index (χ3n) is 2.92. The standard InChI is InChI=1S/C10H20N4O2/c1-7(9(11)13-16)10(15)12-8-4-3-5-14(2)6-8/h7-8,16H,3-6H2,1-2H3,(H2,11,13)(H,12,15). The van der Waals surface area contributed by atoms with Crippen LogP contribution in [0.25, 0.3) is 0 Å². The van der Waals surface area contributed by atoms with E-state index in [1.54, 1.807) is 6.92 Å². The number of rotatable bonds is 3. The number of hydrogen-bond acceptors (Lipinski definition) is 4. The molecule has 0 aromatic carbocycles. The van der Waals surface area contributed by atoms with Gasteiger partial charge in [0.15, 0.2) is 5.84 Å². The molecule has 2 unspecified atom stereocenters. The number of amides is 1. The number of likely N-dealkylation sites (tertiary alicyclic amines) is 1. The van der Waals surface area contributed by atoms with Gasteiger partial charge in [-0.3, -0.25) is 4.79 Å². The van der Waals surface area contributed by atoms with E-state index in [1.165, 1.54) is 0 Å². The zero-order chi connectivity index (χ0) is 12.1. The van der Waals surface area contributed by atoms with Crippen LogP contribution in [-0.4, -0.2) is 48.0 Å². The number of piperidine rings is 1. The number of carbonyl (C=O) groups is 1. The van der Waals surface area contributed by atoms with Gasteiger partial charge in [0.05, 0.1) is 5.92 Å². The largest absolute Gasteiger partial charge is 0.409 e. The lowest BCUT2D eigenvalue weighted by Crippen LogP contribution is -2.49. The molecule has 0 radical (unpaired) electrons. The van der Waals surface area contributed by atoms with Gasteiger partial charge >= 0.3 is 0 Å². The van der Waals surface area contributed by atoms with Crippen molar-refractivity contribution in [3.63, 3.8) is 0 Å². The van der Waals surface area contributed by atoms with Gasteiger partial charge in [-0.1, -0.05) is 5.16 Å². The maximum Gasteiger partial charge on any atom is 0.230 e. The van der Waals surface area contributed by atoms with Crippen LogP contribution in [0.15, 0.2) is 5.16 Å². The third-order valence-corrected chi connectivity index (χ3v) is 2.92. The Morgan fingerprint density at radius 2 is 2.38 bits per heavy atom. The summed E-state index contributed by atoms with van der Waals surface area (Å²) in [6.07, 6.45) is 2.07. The first-order chi connectivity index (χ1) is 7.54. The Bertz CT molecular complexity index is 280. The molecule has 4 N–H and O–H groups in total. The summed E-state index contributed by atoms with van der Waals surface area (Å²) in [5, 5.41) is 14.2. The molecule has 16 heavy (non-hydrogen) atoms. The first-order valence-corrected chi connectivity index (χ1v) is 5.51. The SMILES string of the molecule is CC(C(=O)NC1CCCN(C)C1)C(N)=NO. The molecule has 92 valence electrons. The van der Waals surface area contributed by atoms with Crippen molar-refractivity contribution in [3.05, 3.63) is 0 Å². The van der Waals surface area contributed by atoms with Crippen molar-refractivity contribution in [3.8, 4) is 0 Å². The second-order valence-electron chi connectivity index (χ2n) is 4.36. The van der Waals surface area contributed by atoms with Crippen LogP contribution in [0.2, 0.25) is 0 Å². The highest BCUT2D eigenvalue weighted by Gasteiger charge is 2.23. The number of carbonyl (C=O) groups excluding carboxylic acids is 1. The highest BCUT2D eigenvalue weighted by Crippen LogP contribution is 2.08. The van der Waals surface area contributed by atoms with Gasteiger partial charge in [-0.05, 0) is 33.4 Å². The van der Waals surface area contributed by atoms with Crippen LogP contribution in [0.1, 0.15) is 19.8 Å². The quantitative estimate of drug-likeness (QED) is 0.265. The maximum absolute atomic E-state index is 11.7. The predicted molar refractivity (Wildman–Crippen MR) is 61.2 cm³/mol. The van der Waals surface area contributed by atoms with Crippen molar-refractivity contribution in [1.29, 1.82) is 0 Å². The molecule has 0 aromatic heterocycles. The number of hydrogen-bond donors (Lipinski definition) is 3. The van der Waals surface area contributed by atoms with Gasteiger partial charge in [-0.15, -0.1) is 0 Å². The maximum atomic E-state index is 11.7. The van der Waals surface area contributed by atoms with Crippen LogP contribution in [0.5, 0.6) is 0 Å². The summed E-state index contributed by atoms with van der Waals surface area (Å²) in [6.45, 7) is 3.55. The fraction of sp³-hybridized carbons (Fsp3) is 0.800. The Balaban J connectivity index is 2.44. The Kier molecular flexibility index (Phi) is 4.54. The molecule has 1 heterocycles. The molecule has 1 rings (SSSR count). The number of oxime groups is 1. The molecule has 6 heteroatoms. The molecule has 0 bridgehead atoms. The average molecular weight is 228 g/mol. The van der Waals surface area contributed by atoms with Crippen LogP contribution in [0, 0.1) is 5.92 Å². The first-order valence-electron chi connectivity index (χ1n) is 5.51. The smallest absolute Gasteiger partial charge is 0.230 e. The van der Waals surface area contributed by atoms with Crippen molar-refractivity contribution >= 4 is 11.7 Å². The minimum atomic E-state index is -0.586. The van der Waals surface area contributed by atoms with Crippen molar-refractivity contribution in [2.24, 2.45) is 16.8 Å². The zero-order valence-corrected chi connectivity index (χ0v) is 9.81. The molecule has 0 saturated carbocycles. The van der Waals surface area contributed by atoms with E-state index in [1.807, 2.05) is 7.05 Å². The molecule has 2 atom stereocenters. The van der Waals surface area contributed by atoms with E-state index in [0.29, 0.717) is 0 Å². The van der Waals surface area contributed by atoms with Gasteiger partial charge in [0, 0.05) is 12.6 Å². The minimum absolute atomic E-state index is 0.0540. The van der Waals surface area contributed by atoms with Crippen molar-refractivity contribution in [1.82, 2.24) is 10.2 Å². The van der Waals surface area contributed by atoms with Gasteiger partial charge in [0.1, 0.15) is 0 Å². The molecule has 1 fully saturated rings. The van der Waals surface area contributed by atoms with Gasteiger partial charge in [0.25, 0.3) is 0 Å². The highest BCUT2D eigenvalue weighted by atomic mass is 16.4. The van der Waals surface area contributed by atoms with Crippen LogP contribution in [-0.2, 0) is 4.79 Å². The van der Waals surface area contributed by atoms with E-state index in [-0.39, 0.29) is 17.8 Å². The normalized spacial score (nSPS) is 25.1. The van der Waals surface area contributed by atoms with Crippen LogP contribution < -0.4 is 11.1 Å². The molecule has 0 spiro atoms. The van der Waals surface area contributed by atoms with E-state index in [9.17, 15) is 4.79 Å². The van der Waals surface area contributed by atoms with E-state index in [2.05, 4.69) is 15.4 Å². The second-order valence-corrected chi connectivity index (χ2v) is 4.36. The topological polar surface area (TPSA) is 91.0 Å². The molecule has 0 aliphatic carbocycles. The molecule has 0 aromatic rings. The third kappa shape index (κ3) is 3.37. The highest BCUT2D eigenvalue weighted by molar-refractivity contribution is 6.01. The van der Waals surface area contributed by atoms with Gasteiger partial charge in [0.2, 0.25) is 5.91 Å². The number of nitrogens with two attached hydrogens (primary N) is 1. The molecular weight excluding hydrogens is 208 g/mol. The van der Waals surface area contributed by atoms with Crippen LogP contribution in [0.4, 0.5) is 0 Å². The van der Waals surface area contributed by atoms with Crippen molar-refractivity contribution in [2.45, 2.75) is 25.8 Å².